The Hall–Kier alpha value is -0.410. The molecule has 1 aliphatic rings. The Morgan fingerprint density at radius 3 is 2.50 bits per heavy atom. The molecule has 0 spiro atoms. The zero-order chi connectivity index (χ0) is 11.2. The fourth-order valence-corrected chi connectivity index (χ4v) is 2.32. The van der Waals surface area contributed by atoms with Crippen molar-refractivity contribution in [2.75, 3.05) is 0 Å². The number of nitrogens with one attached hydrogen (secondary N) is 1. The van der Waals surface area contributed by atoms with Crippen LogP contribution in [0.1, 0.15) is 51.9 Å². The minimum atomic E-state index is 0. The van der Waals surface area contributed by atoms with Crippen molar-refractivity contribution in [3.05, 3.63) is 23.5 Å². The molecular formula is C13H24N2S. The van der Waals surface area contributed by atoms with Crippen molar-refractivity contribution in [2.24, 2.45) is 0 Å². The number of aromatic nitrogens is 1. The third-order valence-electron chi connectivity index (χ3n) is 3.24. The smallest absolute Gasteiger partial charge is 0.0448 e. The first-order valence-corrected chi connectivity index (χ1v) is 5.84. The van der Waals surface area contributed by atoms with Crippen LogP contribution in [0.15, 0.2) is 12.3 Å². The van der Waals surface area contributed by atoms with Crippen molar-refractivity contribution in [1.82, 2.24) is 9.88 Å². The van der Waals surface area contributed by atoms with Gasteiger partial charge in [0.15, 0.2) is 0 Å². The number of fused-ring (bicyclic) bond motifs is 1. The molecule has 3 heteroatoms. The highest BCUT2D eigenvalue weighted by Gasteiger charge is 2.24. The first kappa shape index (κ1) is 13.7. The Kier molecular flexibility index (Phi) is 3.80. The van der Waals surface area contributed by atoms with Crippen molar-refractivity contribution in [1.29, 1.82) is 0 Å². The highest BCUT2D eigenvalue weighted by molar-refractivity contribution is 7.59. The number of hydrogen-bond donors (Lipinski definition) is 1. The van der Waals surface area contributed by atoms with Gasteiger partial charge in [0.25, 0.3) is 0 Å². The predicted octanol–water partition coefficient (Wildman–Crippen LogP) is 2.95. The Morgan fingerprint density at radius 2 is 1.94 bits per heavy atom. The molecule has 0 saturated heterocycles. The summed E-state index contributed by atoms with van der Waals surface area (Å²) in [5.41, 5.74) is 3.13. The first-order chi connectivity index (χ1) is 6.88. The maximum Gasteiger partial charge on any atom is 0.0448 e. The van der Waals surface area contributed by atoms with E-state index in [0.717, 1.165) is 6.54 Å². The molecule has 0 aromatic carbocycles. The molecule has 1 aromatic heterocycles. The van der Waals surface area contributed by atoms with E-state index < -0.39 is 0 Å². The summed E-state index contributed by atoms with van der Waals surface area (Å²) in [5.74, 6) is 0. The van der Waals surface area contributed by atoms with E-state index in [4.69, 9.17) is 0 Å². The third kappa shape index (κ3) is 2.46. The van der Waals surface area contributed by atoms with Gasteiger partial charge in [-0.2, -0.15) is 13.5 Å². The summed E-state index contributed by atoms with van der Waals surface area (Å²) in [6.07, 6.45) is 2.32. The van der Waals surface area contributed by atoms with Crippen LogP contribution in [-0.4, -0.2) is 10.6 Å². The van der Waals surface area contributed by atoms with Gasteiger partial charge in [0.1, 0.15) is 0 Å². The van der Waals surface area contributed by atoms with Crippen LogP contribution in [0.3, 0.4) is 0 Å². The Labute approximate surface area is 106 Å². The van der Waals surface area contributed by atoms with Crippen LogP contribution >= 0.6 is 13.5 Å². The summed E-state index contributed by atoms with van der Waals surface area (Å²) < 4.78 is 2.41. The zero-order valence-electron chi connectivity index (χ0n) is 11.0. The fraction of sp³-hybridized carbons (Fsp3) is 0.692. The maximum absolute atomic E-state index is 3.58. The van der Waals surface area contributed by atoms with Crippen molar-refractivity contribution in [3.8, 4) is 0 Å². The van der Waals surface area contributed by atoms with E-state index >= 15 is 0 Å². The largest absolute Gasteiger partial charge is 0.348 e. The number of nitrogens with zero attached hydrogens (tertiary/aromatic N) is 1. The van der Waals surface area contributed by atoms with E-state index in [0.29, 0.717) is 12.1 Å². The van der Waals surface area contributed by atoms with Gasteiger partial charge in [0.2, 0.25) is 0 Å². The molecule has 0 fully saturated rings. The van der Waals surface area contributed by atoms with Gasteiger partial charge < -0.3 is 9.88 Å². The monoisotopic (exact) mass is 240 g/mol. The molecule has 1 aromatic rings. The lowest BCUT2D eigenvalue weighted by molar-refractivity contribution is 0.366. The Bertz CT molecular complexity index is 362. The molecule has 0 aliphatic carbocycles. The Morgan fingerprint density at radius 1 is 1.31 bits per heavy atom. The standard InChI is InChI=1S/C13H22N2.H2S/c1-9-7-15-8-11(13(3,4)5)6-12(15)10(2)14-9;/h6,8-10,14H,7H2,1-5H3;1H2/t9-,10+;/m0./s1. The normalized spacial score (nSPS) is 24.8. The molecule has 1 aliphatic heterocycles. The molecular weight excluding hydrogens is 216 g/mol. The minimum Gasteiger partial charge on any atom is -0.348 e. The average molecular weight is 240 g/mol. The summed E-state index contributed by atoms with van der Waals surface area (Å²) in [5, 5.41) is 3.58. The van der Waals surface area contributed by atoms with Crippen molar-refractivity contribution in [2.45, 2.75) is 58.7 Å². The lowest BCUT2D eigenvalue weighted by atomic mass is 9.89. The zero-order valence-corrected chi connectivity index (χ0v) is 12.0. The van der Waals surface area contributed by atoms with Crippen molar-refractivity contribution < 1.29 is 0 Å². The molecule has 0 amide bonds. The van der Waals surface area contributed by atoms with E-state index in [1.807, 2.05) is 0 Å². The molecule has 0 radical (unpaired) electrons. The summed E-state index contributed by atoms with van der Waals surface area (Å²) >= 11 is 0. The van der Waals surface area contributed by atoms with Crippen molar-refractivity contribution >= 4 is 13.5 Å². The van der Waals surface area contributed by atoms with Gasteiger partial charge in [0.05, 0.1) is 0 Å². The van der Waals surface area contributed by atoms with Crippen LogP contribution < -0.4 is 5.32 Å². The fourth-order valence-electron chi connectivity index (χ4n) is 2.32. The van der Waals surface area contributed by atoms with Gasteiger partial charge in [0, 0.05) is 30.5 Å². The number of hydrogen-bond acceptors (Lipinski definition) is 1. The second-order valence-corrected chi connectivity index (χ2v) is 5.85. The highest BCUT2D eigenvalue weighted by Crippen LogP contribution is 2.29. The predicted molar refractivity (Wildman–Crippen MR) is 74.5 cm³/mol. The molecule has 2 atom stereocenters. The van der Waals surface area contributed by atoms with Gasteiger partial charge >= 0.3 is 0 Å². The topological polar surface area (TPSA) is 17.0 Å². The highest BCUT2D eigenvalue weighted by atomic mass is 32.1. The summed E-state index contributed by atoms with van der Waals surface area (Å²) in [6.45, 7) is 12.4. The van der Waals surface area contributed by atoms with E-state index in [2.05, 4.69) is 56.8 Å². The second kappa shape index (κ2) is 4.46. The van der Waals surface area contributed by atoms with E-state index in [1.165, 1.54) is 11.3 Å². The molecule has 16 heavy (non-hydrogen) atoms. The molecule has 2 heterocycles. The minimum absolute atomic E-state index is 0. The molecule has 2 nitrogen and oxygen atoms in total. The summed E-state index contributed by atoms with van der Waals surface area (Å²) in [4.78, 5) is 0. The van der Waals surface area contributed by atoms with E-state index in [9.17, 15) is 0 Å². The van der Waals surface area contributed by atoms with Crippen LogP contribution in [0.2, 0.25) is 0 Å². The van der Waals surface area contributed by atoms with Gasteiger partial charge in [-0.1, -0.05) is 20.8 Å². The van der Waals surface area contributed by atoms with Gasteiger partial charge in [-0.15, -0.1) is 0 Å². The SMILES string of the molecule is C[C@H]1Cn2cc(C(C)(C)C)cc2[C@@H](C)N1.S. The maximum atomic E-state index is 3.58. The molecule has 0 saturated carbocycles. The molecule has 0 bridgehead atoms. The quantitative estimate of drug-likeness (QED) is 0.738. The van der Waals surface area contributed by atoms with Crippen LogP contribution in [0.5, 0.6) is 0 Å². The average Bonchev–Trinajstić information content (AvgIpc) is 2.46. The summed E-state index contributed by atoms with van der Waals surface area (Å²) in [7, 11) is 0. The van der Waals surface area contributed by atoms with Gasteiger partial charge in [-0.25, -0.2) is 0 Å². The number of rotatable bonds is 0. The van der Waals surface area contributed by atoms with E-state index in [-0.39, 0.29) is 18.9 Å². The first-order valence-electron chi connectivity index (χ1n) is 5.84. The molecule has 92 valence electrons. The second-order valence-electron chi connectivity index (χ2n) is 5.85. The van der Waals surface area contributed by atoms with Crippen LogP contribution in [0.25, 0.3) is 0 Å². The molecule has 1 N–H and O–H groups in total. The summed E-state index contributed by atoms with van der Waals surface area (Å²) in [6, 6.07) is 3.40. The Balaban J connectivity index is 0.00000128. The van der Waals surface area contributed by atoms with Crippen LogP contribution in [-0.2, 0) is 12.0 Å². The van der Waals surface area contributed by atoms with Gasteiger partial charge in [-0.3, -0.25) is 0 Å². The lowest BCUT2D eigenvalue weighted by Gasteiger charge is -2.28. The third-order valence-corrected chi connectivity index (χ3v) is 3.24. The van der Waals surface area contributed by atoms with Crippen molar-refractivity contribution in [3.63, 3.8) is 0 Å². The molecule has 2 rings (SSSR count). The lowest BCUT2D eigenvalue weighted by Crippen LogP contribution is -2.38. The van der Waals surface area contributed by atoms with Gasteiger partial charge in [-0.05, 0) is 30.9 Å². The molecule has 0 unspecified atom stereocenters. The van der Waals surface area contributed by atoms with Crippen LogP contribution in [0, 0.1) is 0 Å². The van der Waals surface area contributed by atoms with E-state index in [1.54, 1.807) is 0 Å². The van der Waals surface area contributed by atoms with Crippen LogP contribution in [0.4, 0.5) is 0 Å².